The van der Waals surface area contributed by atoms with E-state index in [1.54, 1.807) is 18.3 Å². The van der Waals surface area contributed by atoms with E-state index in [-0.39, 0.29) is 15.6 Å². The number of anilines is 1. The third kappa shape index (κ3) is 2.55. The number of nitrogens with one attached hydrogen (secondary N) is 1. The molecule has 8 heteroatoms. The van der Waals surface area contributed by atoms with Gasteiger partial charge in [0.1, 0.15) is 11.6 Å². The molecule has 0 unspecified atom stereocenters. The minimum atomic E-state index is -0.717. The predicted octanol–water partition coefficient (Wildman–Crippen LogP) is 3.43. The molecule has 3 rings (SSSR count). The van der Waals surface area contributed by atoms with Gasteiger partial charge in [0.25, 0.3) is 5.91 Å². The van der Waals surface area contributed by atoms with E-state index in [0.29, 0.717) is 11.5 Å². The number of fused-ring (bicyclic) bond motifs is 1. The summed E-state index contributed by atoms with van der Waals surface area (Å²) in [4.78, 5) is 16.3. The molecule has 0 saturated carbocycles. The molecule has 21 heavy (non-hydrogen) atoms. The van der Waals surface area contributed by atoms with Crippen molar-refractivity contribution >= 4 is 40.6 Å². The summed E-state index contributed by atoms with van der Waals surface area (Å²) in [6.45, 7) is 0. The van der Waals surface area contributed by atoms with Crippen LogP contribution in [0.25, 0.3) is 5.65 Å². The highest BCUT2D eigenvalue weighted by Crippen LogP contribution is 2.25. The molecular formula is C13H7Cl2FN4O. The number of halogens is 3. The second kappa shape index (κ2) is 5.31. The molecule has 2 aromatic heterocycles. The Morgan fingerprint density at radius 1 is 1.19 bits per heavy atom. The van der Waals surface area contributed by atoms with Gasteiger partial charge in [-0.1, -0.05) is 23.2 Å². The Bertz CT molecular complexity index is 849. The van der Waals surface area contributed by atoms with Crippen molar-refractivity contribution in [3.63, 3.8) is 0 Å². The second-order valence-electron chi connectivity index (χ2n) is 4.13. The molecule has 0 atom stereocenters. The predicted molar refractivity (Wildman–Crippen MR) is 77.4 cm³/mol. The van der Waals surface area contributed by atoms with E-state index in [0.717, 1.165) is 6.07 Å². The van der Waals surface area contributed by atoms with Crippen molar-refractivity contribution in [2.75, 3.05) is 5.32 Å². The van der Waals surface area contributed by atoms with Crippen molar-refractivity contribution in [1.29, 1.82) is 0 Å². The van der Waals surface area contributed by atoms with Crippen molar-refractivity contribution in [2.45, 2.75) is 0 Å². The fourth-order valence-electron chi connectivity index (χ4n) is 1.81. The number of rotatable bonds is 2. The Morgan fingerprint density at radius 3 is 2.81 bits per heavy atom. The van der Waals surface area contributed by atoms with Gasteiger partial charge in [-0.15, -0.1) is 0 Å². The molecule has 0 fully saturated rings. The number of hydrogen-bond donors (Lipinski definition) is 1. The number of hydrogen-bond acceptors (Lipinski definition) is 3. The molecule has 0 saturated heterocycles. The number of nitrogens with zero attached hydrogens (tertiary/aromatic N) is 3. The zero-order valence-corrected chi connectivity index (χ0v) is 11.9. The summed E-state index contributed by atoms with van der Waals surface area (Å²) in [5, 5.41) is 6.55. The van der Waals surface area contributed by atoms with Gasteiger partial charge in [-0.3, -0.25) is 4.79 Å². The first-order valence-electron chi connectivity index (χ1n) is 5.81. The highest BCUT2D eigenvalue weighted by molar-refractivity contribution is 6.37. The molecule has 2 heterocycles. The molecule has 0 bridgehead atoms. The maximum absolute atomic E-state index is 13.5. The molecule has 0 spiro atoms. The van der Waals surface area contributed by atoms with Crippen molar-refractivity contribution in [2.24, 2.45) is 0 Å². The summed E-state index contributed by atoms with van der Waals surface area (Å²) in [6.07, 6.45) is 3.07. The molecule has 0 aliphatic rings. The summed E-state index contributed by atoms with van der Waals surface area (Å²) >= 11 is 11.5. The Hall–Kier alpha value is -2.18. The highest BCUT2D eigenvalue weighted by atomic mass is 35.5. The molecule has 3 aromatic rings. The van der Waals surface area contributed by atoms with Crippen LogP contribution in [0, 0.1) is 5.82 Å². The fraction of sp³-hybridized carbons (Fsp3) is 0. The molecule has 0 radical (unpaired) electrons. The summed E-state index contributed by atoms with van der Waals surface area (Å²) in [7, 11) is 0. The molecule has 1 aromatic carbocycles. The van der Waals surface area contributed by atoms with Gasteiger partial charge in [0.05, 0.1) is 21.8 Å². The number of carbonyl (C=O) groups is 1. The van der Waals surface area contributed by atoms with Crippen LogP contribution < -0.4 is 5.32 Å². The van der Waals surface area contributed by atoms with Gasteiger partial charge in [0.2, 0.25) is 0 Å². The lowest BCUT2D eigenvalue weighted by atomic mass is 10.2. The van der Waals surface area contributed by atoms with Gasteiger partial charge in [0, 0.05) is 12.3 Å². The lowest BCUT2D eigenvalue weighted by molar-refractivity contribution is 0.102. The summed E-state index contributed by atoms with van der Waals surface area (Å²) < 4.78 is 14.9. The first kappa shape index (κ1) is 13.8. The smallest absolute Gasteiger partial charge is 0.258 e. The third-order valence-corrected chi connectivity index (χ3v) is 3.39. The minimum Gasteiger partial charge on any atom is -0.306 e. The van der Waals surface area contributed by atoms with Crippen LogP contribution in [0.1, 0.15) is 10.4 Å². The Kier molecular flexibility index (Phi) is 3.48. The van der Waals surface area contributed by atoms with Crippen LogP contribution in [0.3, 0.4) is 0 Å². The molecule has 5 nitrogen and oxygen atoms in total. The van der Waals surface area contributed by atoms with Crippen molar-refractivity contribution in [3.8, 4) is 0 Å². The van der Waals surface area contributed by atoms with Crippen molar-refractivity contribution in [1.82, 2.24) is 14.6 Å². The lowest BCUT2D eigenvalue weighted by Crippen LogP contribution is -2.15. The third-order valence-electron chi connectivity index (χ3n) is 2.79. The monoisotopic (exact) mass is 324 g/mol. The zero-order chi connectivity index (χ0) is 15.0. The second-order valence-corrected chi connectivity index (χ2v) is 4.95. The highest BCUT2D eigenvalue weighted by Gasteiger charge is 2.15. The Labute approximate surface area is 128 Å². The first-order chi connectivity index (χ1) is 10.1. The SMILES string of the molecule is O=C(Nc1ccnc2ccnn12)c1cc(F)c(Cl)cc1Cl. The average Bonchev–Trinajstić information content (AvgIpc) is 2.92. The fourth-order valence-corrected chi connectivity index (χ4v) is 2.28. The van der Waals surface area contributed by atoms with Crippen LogP contribution in [-0.4, -0.2) is 20.5 Å². The average molecular weight is 325 g/mol. The van der Waals surface area contributed by atoms with Crippen molar-refractivity contribution in [3.05, 3.63) is 58.1 Å². The summed E-state index contributed by atoms with van der Waals surface area (Å²) in [5.74, 6) is -0.898. The van der Waals surface area contributed by atoms with Gasteiger partial charge in [-0.05, 0) is 18.2 Å². The number of amides is 1. The van der Waals surface area contributed by atoms with Crippen LogP contribution in [0.2, 0.25) is 10.0 Å². The molecule has 106 valence electrons. The molecule has 0 aliphatic carbocycles. The first-order valence-corrected chi connectivity index (χ1v) is 6.56. The van der Waals surface area contributed by atoms with E-state index in [9.17, 15) is 9.18 Å². The van der Waals surface area contributed by atoms with Gasteiger partial charge in [-0.25, -0.2) is 9.37 Å². The van der Waals surface area contributed by atoms with E-state index in [1.165, 1.54) is 16.8 Å². The van der Waals surface area contributed by atoms with Crippen LogP contribution in [0.5, 0.6) is 0 Å². The quantitative estimate of drug-likeness (QED) is 0.735. The molecule has 1 amide bonds. The number of benzene rings is 1. The van der Waals surface area contributed by atoms with E-state index < -0.39 is 11.7 Å². The Balaban J connectivity index is 1.97. The van der Waals surface area contributed by atoms with Gasteiger partial charge >= 0.3 is 0 Å². The van der Waals surface area contributed by atoms with E-state index in [2.05, 4.69) is 15.4 Å². The van der Waals surface area contributed by atoms with E-state index in [4.69, 9.17) is 23.2 Å². The van der Waals surface area contributed by atoms with Crippen molar-refractivity contribution < 1.29 is 9.18 Å². The maximum atomic E-state index is 13.5. The van der Waals surface area contributed by atoms with Gasteiger partial charge in [-0.2, -0.15) is 9.61 Å². The van der Waals surface area contributed by atoms with Crippen LogP contribution in [0.15, 0.2) is 36.7 Å². The van der Waals surface area contributed by atoms with E-state index >= 15 is 0 Å². The largest absolute Gasteiger partial charge is 0.306 e. The molecule has 1 N–H and O–H groups in total. The van der Waals surface area contributed by atoms with Gasteiger partial charge in [0.15, 0.2) is 5.65 Å². The zero-order valence-electron chi connectivity index (χ0n) is 10.3. The van der Waals surface area contributed by atoms with E-state index in [1.807, 2.05) is 0 Å². The maximum Gasteiger partial charge on any atom is 0.258 e. The lowest BCUT2D eigenvalue weighted by Gasteiger charge is -2.08. The Morgan fingerprint density at radius 2 is 2.00 bits per heavy atom. The van der Waals surface area contributed by atoms with Crippen LogP contribution in [-0.2, 0) is 0 Å². The number of aromatic nitrogens is 3. The van der Waals surface area contributed by atoms with Gasteiger partial charge < -0.3 is 5.32 Å². The summed E-state index contributed by atoms with van der Waals surface area (Å²) in [5.41, 5.74) is 0.553. The standard InChI is InChI=1S/C13H7Cl2FN4O/c14-8-6-9(15)10(16)5-7(8)13(21)19-12-1-3-17-11-2-4-18-20(11)12/h1-6H,(H,19,21). The molecule has 0 aliphatic heterocycles. The van der Waals surface area contributed by atoms with Crippen LogP contribution in [0.4, 0.5) is 10.2 Å². The minimum absolute atomic E-state index is 0.0179. The van der Waals surface area contributed by atoms with Crippen LogP contribution >= 0.6 is 23.2 Å². The molecular weight excluding hydrogens is 318 g/mol. The summed E-state index contributed by atoms with van der Waals surface area (Å²) in [6, 6.07) is 5.42. The normalized spacial score (nSPS) is 10.8. The topological polar surface area (TPSA) is 59.3 Å². The number of carbonyl (C=O) groups excluding carboxylic acids is 1.